The van der Waals surface area contributed by atoms with Crippen molar-refractivity contribution in [2.24, 2.45) is 0 Å². The third kappa shape index (κ3) is 2.68. The molecular formula is C15H18N2OS. The lowest BCUT2D eigenvalue weighted by atomic mass is 10.1. The summed E-state index contributed by atoms with van der Waals surface area (Å²) in [6, 6.07) is 6.33. The maximum absolute atomic E-state index is 11.5. The Labute approximate surface area is 117 Å². The second-order valence-electron chi connectivity index (χ2n) is 4.82. The zero-order chi connectivity index (χ0) is 14.2. The van der Waals surface area contributed by atoms with E-state index in [0.717, 1.165) is 21.4 Å². The molecule has 3 nitrogen and oxygen atoms in total. The summed E-state index contributed by atoms with van der Waals surface area (Å²) in [4.78, 5) is 18.8. The van der Waals surface area contributed by atoms with Gasteiger partial charge in [-0.05, 0) is 32.4 Å². The summed E-state index contributed by atoms with van der Waals surface area (Å²) in [6.45, 7) is 7.64. The van der Waals surface area contributed by atoms with E-state index in [9.17, 15) is 4.79 Å². The Morgan fingerprint density at radius 3 is 2.47 bits per heavy atom. The molecule has 0 spiro atoms. The van der Waals surface area contributed by atoms with Gasteiger partial charge in [-0.15, -0.1) is 0 Å². The first-order valence-electron chi connectivity index (χ1n) is 6.19. The summed E-state index contributed by atoms with van der Waals surface area (Å²) in [5.41, 5.74) is 4.38. The van der Waals surface area contributed by atoms with Crippen molar-refractivity contribution in [1.82, 2.24) is 4.98 Å². The highest BCUT2D eigenvalue weighted by molar-refractivity contribution is 7.17. The highest BCUT2D eigenvalue weighted by Gasteiger charge is 2.16. The quantitative estimate of drug-likeness (QED) is 0.792. The van der Waals surface area contributed by atoms with Crippen molar-refractivity contribution in [3.05, 3.63) is 39.9 Å². The van der Waals surface area contributed by atoms with Crippen molar-refractivity contribution in [3.63, 3.8) is 0 Å². The summed E-state index contributed by atoms with van der Waals surface area (Å²) < 4.78 is 0. The highest BCUT2D eigenvalue weighted by atomic mass is 32.1. The van der Waals surface area contributed by atoms with E-state index in [1.165, 1.54) is 22.5 Å². The molecule has 0 unspecified atom stereocenters. The van der Waals surface area contributed by atoms with Crippen LogP contribution in [0, 0.1) is 20.8 Å². The number of thiazole rings is 1. The van der Waals surface area contributed by atoms with Crippen LogP contribution in [0.5, 0.6) is 0 Å². The molecule has 0 radical (unpaired) electrons. The van der Waals surface area contributed by atoms with Gasteiger partial charge in [0, 0.05) is 19.7 Å². The third-order valence-corrected chi connectivity index (χ3v) is 4.44. The fourth-order valence-electron chi connectivity index (χ4n) is 2.14. The molecule has 0 saturated carbocycles. The number of hydrogen-bond donors (Lipinski definition) is 0. The number of aromatic nitrogens is 1. The van der Waals surface area contributed by atoms with E-state index in [4.69, 9.17) is 0 Å². The van der Waals surface area contributed by atoms with E-state index >= 15 is 0 Å². The van der Waals surface area contributed by atoms with Gasteiger partial charge >= 0.3 is 0 Å². The number of rotatable bonds is 3. The van der Waals surface area contributed by atoms with Crippen molar-refractivity contribution in [2.45, 2.75) is 27.7 Å². The smallest absolute Gasteiger partial charge is 0.190 e. The molecule has 0 amide bonds. The maximum Gasteiger partial charge on any atom is 0.190 e. The predicted molar refractivity (Wildman–Crippen MR) is 80.8 cm³/mol. The van der Waals surface area contributed by atoms with Crippen molar-refractivity contribution in [1.29, 1.82) is 0 Å². The summed E-state index contributed by atoms with van der Waals surface area (Å²) in [5, 5.41) is 0.856. The molecule has 1 aromatic carbocycles. The Balaban J connectivity index is 2.41. The molecule has 100 valence electrons. The van der Waals surface area contributed by atoms with Gasteiger partial charge in [0.1, 0.15) is 0 Å². The highest BCUT2D eigenvalue weighted by Crippen LogP contribution is 2.32. The maximum atomic E-state index is 11.5. The van der Waals surface area contributed by atoms with Crippen molar-refractivity contribution in [2.75, 3.05) is 11.9 Å². The van der Waals surface area contributed by atoms with Gasteiger partial charge in [-0.25, -0.2) is 4.98 Å². The van der Waals surface area contributed by atoms with Gasteiger partial charge in [-0.1, -0.05) is 29.0 Å². The minimum atomic E-state index is 0.0790. The lowest BCUT2D eigenvalue weighted by molar-refractivity contribution is 0.102. The Morgan fingerprint density at radius 1 is 1.26 bits per heavy atom. The first kappa shape index (κ1) is 13.7. The Bertz CT molecular complexity index is 631. The number of aryl methyl sites for hydroxylation is 3. The SMILES string of the molecule is CC(=O)c1sc(N(C)c2ccc(C)cc2C)nc1C. The molecule has 1 aromatic heterocycles. The molecule has 0 N–H and O–H groups in total. The molecule has 0 aliphatic heterocycles. The molecule has 0 bridgehead atoms. The molecule has 0 fully saturated rings. The fourth-order valence-corrected chi connectivity index (χ4v) is 3.07. The van der Waals surface area contributed by atoms with Gasteiger partial charge in [-0.3, -0.25) is 4.79 Å². The molecule has 2 aromatic rings. The molecule has 0 aliphatic carbocycles. The molecule has 0 saturated heterocycles. The average molecular weight is 274 g/mol. The molecule has 0 atom stereocenters. The van der Waals surface area contributed by atoms with Crippen LogP contribution in [-0.2, 0) is 0 Å². The van der Waals surface area contributed by atoms with E-state index in [-0.39, 0.29) is 5.78 Å². The molecule has 4 heteroatoms. The number of benzene rings is 1. The van der Waals surface area contributed by atoms with E-state index in [1.807, 2.05) is 18.9 Å². The Hall–Kier alpha value is -1.68. The summed E-state index contributed by atoms with van der Waals surface area (Å²) in [7, 11) is 1.99. The van der Waals surface area contributed by atoms with Gasteiger partial charge in [-0.2, -0.15) is 0 Å². The Morgan fingerprint density at radius 2 is 1.95 bits per heavy atom. The van der Waals surface area contributed by atoms with Crippen molar-refractivity contribution < 1.29 is 4.79 Å². The number of carbonyl (C=O) groups excluding carboxylic acids is 1. The molecule has 1 heterocycles. The second kappa shape index (κ2) is 5.13. The summed E-state index contributed by atoms with van der Waals surface area (Å²) >= 11 is 1.45. The zero-order valence-electron chi connectivity index (χ0n) is 11.9. The number of nitrogens with zero attached hydrogens (tertiary/aromatic N) is 2. The average Bonchev–Trinajstić information content (AvgIpc) is 2.70. The van der Waals surface area contributed by atoms with Crippen LogP contribution in [0.1, 0.15) is 33.4 Å². The van der Waals surface area contributed by atoms with Gasteiger partial charge < -0.3 is 4.90 Å². The minimum Gasteiger partial charge on any atom is -0.321 e. The van der Waals surface area contributed by atoms with Crippen LogP contribution >= 0.6 is 11.3 Å². The predicted octanol–water partition coefficient (Wildman–Crippen LogP) is 4.04. The monoisotopic (exact) mass is 274 g/mol. The van der Waals surface area contributed by atoms with Crippen molar-refractivity contribution in [3.8, 4) is 0 Å². The first-order valence-corrected chi connectivity index (χ1v) is 7.01. The topological polar surface area (TPSA) is 33.2 Å². The van der Waals surface area contributed by atoms with E-state index in [1.54, 1.807) is 6.92 Å². The molecular weight excluding hydrogens is 256 g/mol. The fraction of sp³-hybridized carbons (Fsp3) is 0.333. The number of Topliss-reactive ketones (excluding diaryl/α,β-unsaturated/α-hetero) is 1. The van der Waals surface area contributed by atoms with Crippen molar-refractivity contribution >= 4 is 27.9 Å². The lowest BCUT2D eigenvalue weighted by Crippen LogP contribution is -2.10. The zero-order valence-corrected chi connectivity index (χ0v) is 12.8. The number of carbonyl (C=O) groups is 1. The van der Waals surface area contributed by atoms with Gasteiger partial charge in [0.25, 0.3) is 0 Å². The Kier molecular flexibility index (Phi) is 3.71. The molecule has 0 aliphatic rings. The standard InChI is InChI=1S/C15H18N2OS/c1-9-6-7-13(10(2)8-9)17(5)15-16-11(3)14(19-15)12(4)18/h6-8H,1-5H3. The van der Waals surface area contributed by atoms with E-state index < -0.39 is 0 Å². The summed E-state index contributed by atoms with van der Waals surface area (Å²) in [5.74, 6) is 0.0790. The van der Waals surface area contributed by atoms with Crippen LogP contribution < -0.4 is 4.90 Å². The van der Waals surface area contributed by atoms with Crippen LogP contribution in [0.3, 0.4) is 0 Å². The van der Waals surface area contributed by atoms with Crippen LogP contribution in [-0.4, -0.2) is 17.8 Å². The number of ketones is 1. The van der Waals surface area contributed by atoms with Gasteiger partial charge in [0.15, 0.2) is 10.9 Å². The first-order chi connectivity index (χ1) is 8.90. The van der Waals surface area contributed by atoms with Gasteiger partial charge in [0.05, 0.1) is 10.6 Å². The van der Waals surface area contributed by atoms with Crippen LogP contribution in [0.2, 0.25) is 0 Å². The summed E-state index contributed by atoms with van der Waals surface area (Å²) in [6.07, 6.45) is 0. The molecule has 19 heavy (non-hydrogen) atoms. The van der Waals surface area contributed by atoms with E-state index in [2.05, 4.69) is 37.0 Å². The third-order valence-electron chi connectivity index (χ3n) is 3.11. The van der Waals surface area contributed by atoms with E-state index in [0.29, 0.717) is 0 Å². The van der Waals surface area contributed by atoms with Crippen LogP contribution in [0.4, 0.5) is 10.8 Å². The number of hydrogen-bond acceptors (Lipinski definition) is 4. The largest absolute Gasteiger partial charge is 0.321 e. The normalized spacial score (nSPS) is 10.6. The second-order valence-corrected chi connectivity index (χ2v) is 5.79. The molecule has 2 rings (SSSR count). The van der Waals surface area contributed by atoms with Crippen LogP contribution in [0.15, 0.2) is 18.2 Å². The number of anilines is 2. The lowest BCUT2D eigenvalue weighted by Gasteiger charge is -2.18. The minimum absolute atomic E-state index is 0.0790. The van der Waals surface area contributed by atoms with Crippen LogP contribution in [0.25, 0.3) is 0 Å². The van der Waals surface area contributed by atoms with Gasteiger partial charge in [0.2, 0.25) is 0 Å².